The van der Waals surface area contributed by atoms with Crippen molar-refractivity contribution in [2.24, 2.45) is 16.5 Å². The molecule has 5 heterocycles. The molecule has 10 nitrogen and oxygen atoms in total. The van der Waals surface area contributed by atoms with Gasteiger partial charge >= 0.3 is 12.2 Å². The predicted octanol–water partition coefficient (Wildman–Crippen LogP) is 5.22. The lowest BCUT2D eigenvalue weighted by atomic mass is 10.1. The number of aromatic nitrogens is 2. The Kier molecular flexibility index (Phi) is 6.93. The molecule has 2 aromatic heterocycles. The first-order valence-electron chi connectivity index (χ1n) is 13.3. The number of carbonyl (C=O) groups excluding carboxylic acids is 1. The second-order valence-corrected chi connectivity index (χ2v) is 10.1. The molecule has 7 rings (SSSR count). The molecule has 3 aliphatic heterocycles. The minimum Gasteiger partial charge on any atom is -0.439 e. The van der Waals surface area contributed by atoms with Crippen molar-refractivity contribution in [2.75, 3.05) is 28.2 Å². The minimum atomic E-state index is -4.48. The molecule has 3 aliphatic rings. The van der Waals surface area contributed by atoms with E-state index in [9.17, 15) is 18.0 Å². The molecule has 0 atom stereocenters. The number of amides is 2. The van der Waals surface area contributed by atoms with Crippen LogP contribution in [0.2, 0.25) is 0 Å². The lowest BCUT2D eigenvalue weighted by Crippen LogP contribution is -2.46. The highest BCUT2D eigenvalue weighted by Crippen LogP contribution is 2.40. The van der Waals surface area contributed by atoms with Gasteiger partial charge in [-0.05, 0) is 49.2 Å². The molecule has 4 aromatic rings. The van der Waals surface area contributed by atoms with Gasteiger partial charge in [0.2, 0.25) is 5.89 Å². The van der Waals surface area contributed by atoms with Crippen LogP contribution in [-0.4, -0.2) is 41.1 Å². The van der Waals surface area contributed by atoms with Crippen LogP contribution < -0.4 is 26.6 Å². The van der Waals surface area contributed by atoms with E-state index in [0.717, 1.165) is 43.8 Å². The summed E-state index contributed by atoms with van der Waals surface area (Å²) in [6, 6.07) is 15.2. The summed E-state index contributed by atoms with van der Waals surface area (Å²) in [5, 5.41) is 2.97. The van der Waals surface area contributed by atoms with Gasteiger partial charge in [0.15, 0.2) is 17.5 Å². The maximum Gasteiger partial charge on any atom is 0.416 e. The second kappa shape index (κ2) is 10.7. The number of pyridine rings is 1. The number of nitrogens with zero attached hydrogens (tertiary/aromatic N) is 5. The van der Waals surface area contributed by atoms with E-state index < -0.39 is 11.7 Å². The quantitative estimate of drug-likeness (QED) is 0.219. The average Bonchev–Trinajstić information content (AvgIpc) is 3.33. The molecule has 13 heteroatoms. The molecule has 216 valence electrons. The predicted molar refractivity (Wildman–Crippen MR) is 153 cm³/mol. The Labute approximate surface area is 238 Å². The van der Waals surface area contributed by atoms with Gasteiger partial charge in [0.05, 0.1) is 23.1 Å². The van der Waals surface area contributed by atoms with Crippen LogP contribution in [0.5, 0.6) is 0 Å². The number of aliphatic imine (C=N–C) groups is 1. The SMILES string of the molecule is NC(N)=NCc1ncc(-c2cccc(NC(=O)N3c4nc(-c5cccc(C(F)(F)F)c5)ccc4N4CCC3CC4)c2)o1. The standard InChI is InChI=1S/C29H27F3N8O2/c30-29(31,32)19-5-1-3-17(13-19)22-7-8-23-26(38-22)40(21-9-11-39(23)12-10-21)28(41)37-20-6-2-4-18(14-20)24-15-35-25(42-24)16-36-27(33)34/h1-8,13-15,21H,9-12,16H2,(H,37,41)(H4,33,34,36). The summed E-state index contributed by atoms with van der Waals surface area (Å²) in [5.41, 5.74) is 12.6. The number of oxazole rings is 1. The fourth-order valence-corrected chi connectivity index (χ4v) is 5.29. The molecule has 1 saturated heterocycles. The maximum absolute atomic E-state index is 13.8. The maximum atomic E-state index is 13.8. The van der Waals surface area contributed by atoms with E-state index in [2.05, 4.69) is 20.2 Å². The van der Waals surface area contributed by atoms with Crippen LogP contribution in [-0.2, 0) is 12.7 Å². The molecule has 1 fully saturated rings. The number of hydrogen-bond donors (Lipinski definition) is 3. The molecule has 2 aromatic carbocycles. The zero-order valence-corrected chi connectivity index (χ0v) is 22.3. The van der Waals surface area contributed by atoms with Gasteiger partial charge in [-0.3, -0.25) is 4.90 Å². The number of urea groups is 1. The molecule has 0 spiro atoms. The fraction of sp³-hybridized carbons (Fsp3) is 0.241. The summed E-state index contributed by atoms with van der Waals surface area (Å²) in [4.78, 5) is 30.5. The van der Waals surface area contributed by atoms with Gasteiger partial charge in [-0.1, -0.05) is 24.3 Å². The van der Waals surface area contributed by atoms with Crippen molar-refractivity contribution in [3.63, 3.8) is 0 Å². The Morgan fingerprint density at radius 1 is 1.05 bits per heavy atom. The van der Waals surface area contributed by atoms with Crippen molar-refractivity contribution < 1.29 is 22.4 Å². The first-order valence-corrected chi connectivity index (χ1v) is 13.3. The highest BCUT2D eigenvalue weighted by Gasteiger charge is 2.37. The van der Waals surface area contributed by atoms with E-state index in [1.807, 2.05) is 12.1 Å². The molecule has 5 N–H and O–H groups in total. The lowest BCUT2D eigenvalue weighted by Gasteiger charge is -2.31. The number of fused-ring (bicyclic) bond motifs is 2. The van der Waals surface area contributed by atoms with E-state index >= 15 is 0 Å². The first kappa shape index (κ1) is 27.1. The number of piperidine rings is 1. The Bertz CT molecular complexity index is 1660. The third kappa shape index (κ3) is 5.45. The zero-order valence-electron chi connectivity index (χ0n) is 22.3. The van der Waals surface area contributed by atoms with Crippen LogP contribution in [0.25, 0.3) is 22.6 Å². The molecule has 42 heavy (non-hydrogen) atoms. The van der Waals surface area contributed by atoms with Crippen molar-refractivity contribution in [2.45, 2.75) is 31.6 Å². The Morgan fingerprint density at radius 3 is 2.57 bits per heavy atom. The fourth-order valence-electron chi connectivity index (χ4n) is 5.29. The van der Waals surface area contributed by atoms with Gasteiger partial charge in [-0.15, -0.1) is 0 Å². The summed E-state index contributed by atoms with van der Waals surface area (Å²) >= 11 is 0. The van der Waals surface area contributed by atoms with Gasteiger partial charge in [0.1, 0.15) is 6.54 Å². The number of rotatable bonds is 5. The summed E-state index contributed by atoms with van der Waals surface area (Å²) < 4.78 is 45.9. The Hall–Kier alpha value is -5.07. The number of guanidine groups is 1. The van der Waals surface area contributed by atoms with E-state index in [0.29, 0.717) is 40.0 Å². The van der Waals surface area contributed by atoms with Crippen LogP contribution >= 0.6 is 0 Å². The van der Waals surface area contributed by atoms with Crippen LogP contribution in [0.3, 0.4) is 0 Å². The van der Waals surface area contributed by atoms with Crippen LogP contribution in [0.4, 0.5) is 35.2 Å². The zero-order chi connectivity index (χ0) is 29.4. The highest BCUT2D eigenvalue weighted by atomic mass is 19.4. The van der Waals surface area contributed by atoms with Crippen molar-refractivity contribution in [3.8, 4) is 22.6 Å². The van der Waals surface area contributed by atoms with E-state index in [-0.39, 0.29) is 24.6 Å². The van der Waals surface area contributed by atoms with Gasteiger partial charge in [-0.25, -0.2) is 19.8 Å². The average molecular weight is 577 g/mol. The molecule has 2 amide bonds. The number of benzene rings is 2. The molecule has 0 unspecified atom stereocenters. The van der Waals surface area contributed by atoms with Crippen LogP contribution in [0, 0.1) is 0 Å². The highest BCUT2D eigenvalue weighted by molar-refractivity contribution is 6.04. The van der Waals surface area contributed by atoms with E-state index in [1.165, 1.54) is 6.07 Å². The molecule has 2 bridgehead atoms. The van der Waals surface area contributed by atoms with Crippen molar-refractivity contribution in [1.29, 1.82) is 0 Å². The third-order valence-electron chi connectivity index (χ3n) is 7.31. The van der Waals surface area contributed by atoms with Crippen molar-refractivity contribution in [1.82, 2.24) is 9.97 Å². The lowest BCUT2D eigenvalue weighted by molar-refractivity contribution is -0.137. The topological polar surface area (TPSA) is 139 Å². The van der Waals surface area contributed by atoms with E-state index in [1.54, 1.807) is 41.4 Å². The molecule has 0 saturated carbocycles. The summed E-state index contributed by atoms with van der Waals surface area (Å²) in [5.74, 6) is 1.16. The van der Waals surface area contributed by atoms with Crippen molar-refractivity contribution in [3.05, 3.63) is 78.3 Å². The van der Waals surface area contributed by atoms with Gasteiger partial charge in [0.25, 0.3) is 0 Å². The molecule has 0 aliphatic carbocycles. The molecular weight excluding hydrogens is 549 g/mol. The molecule has 0 radical (unpaired) electrons. The van der Waals surface area contributed by atoms with Gasteiger partial charge in [0, 0.05) is 35.9 Å². The molecular formula is C29H27F3N8O2. The first-order chi connectivity index (χ1) is 20.2. The number of alkyl halides is 3. The number of carbonyl (C=O) groups is 1. The van der Waals surface area contributed by atoms with E-state index in [4.69, 9.17) is 20.9 Å². The van der Waals surface area contributed by atoms with Crippen LogP contribution in [0.15, 0.2) is 76.3 Å². The number of nitrogens with two attached hydrogens (primary N) is 2. The second-order valence-electron chi connectivity index (χ2n) is 10.1. The van der Waals surface area contributed by atoms with Gasteiger partial charge in [-0.2, -0.15) is 13.2 Å². The third-order valence-corrected chi connectivity index (χ3v) is 7.31. The minimum absolute atomic E-state index is 0.0728. The number of nitrogens with one attached hydrogen (secondary N) is 1. The summed E-state index contributed by atoms with van der Waals surface area (Å²) in [6.07, 6.45) is -1.46. The monoisotopic (exact) mass is 576 g/mol. The largest absolute Gasteiger partial charge is 0.439 e. The smallest absolute Gasteiger partial charge is 0.416 e. The van der Waals surface area contributed by atoms with Crippen LogP contribution in [0.1, 0.15) is 24.3 Å². The Morgan fingerprint density at radius 2 is 1.81 bits per heavy atom. The summed E-state index contributed by atoms with van der Waals surface area (Å²) in [6.45, 7) is 1.59. The number of halogens is 3. The summed E-state index contributed by atoms with van der Waals surface area (Å²) in [7, 11) is 0. The van der Waals surface area contributed by atoms with Crippen molar-refractivity contribution >= 4 is 29.2 Å². The van der Waals surface area contributed by atoms with Gasteiger partial charge < -0.3 is 26.1 Å². The Balaban J connectivity index is 1.30. The normalized spacial score (nSPS) is 14.8. The number of hydrogen-bond acceptors (Lipinski definition) is 6. The number of anilines is 3.